The van der Waals surface area contributed by atoms with Crippen LogP contribution >= 0.6 is 0 Å². The summed E-state index contributed by atoms with van der Waals surface area (Å²) in [5.74, 6) is -0.514. The zero-order valence-electron chi connectivity index (χ0n) is 17.7. The van der Waals surface area contributed by atoms with Gasteiger partial charge in [-0.15, -0.1) is 0 Å². The van der Waals surface area contributed by atoms with Crippen molar-refractivity contribution in [2.24, 2.45) is 0 Å². The van der Waals surface area contributed by atoms with Gasteiger partial charge in [0.25, 0.3) is 0 Å². The largest absolute Gasteiger partial charge is 0.457 e. The highest BCUT2D eigenvalue weighted by atomic mass is 32.2. The molecule has 0 N–H and O–H groups in total. The van der Waals surface area contributed by atoms with Crippen LogP contribution in [0.3, 0.4) is 0 Å². The summed E-state index contributed by atoms with van der Waals surface area (Å²) in [5, 5.41) is 0. The molecule has 166 valence electrons. The van der Waals surface area contributed by atoms with Crippen LogP contribution in [0.5, 0.6) is 0 Å². The van der Waals surface area contributed by atoms with Crippen LogP contribution in [-0.2, 0) is 21.4 Å². The number of pyridine rings is 1. The molecule has 2 aromatic rings. The lowest BCUT2D eigenvalue weighted by molar-refractivity contribution is 0.0472. The van der Waals surface area contributed by atoms with Crippen molar-refractivity contribution in [2.75, 3.05) is 31.1 Å². The molecule has 2 aliphatic heterocycles. The van der Waals surface area contributed by atoms with Crippen LogP contribution in [0.4, 0.5) is 5.69 Å². The molecule has 0 spiro atoms. The predicted octanol–water partition coefficient (Wildman–Crippen LogP) is 3.60. The maximum atomic E-state index is 13.2. The molecule has 0 saturated carbocycles. The summed E-state index contributed by atoms with van der Waals surface area (Å²) in [7, 11) is -3.64. The molecule has 1 aromatic carbocycles. The summed E-state index contributed by atoms with van der Waals surface area (Å²) in [5.41, 5.74) is 1.84. The number of carbonyl (C=O) groups is 1. The number of anilines is 1. The van der Waals surface area contributed by atoms with Gasteiger partial charge in [0.2, 0.25) is 10.0 Å². The molecule has 0 aliphatic carbocycles. The molecule has 2 saturated heterocycles. The Bertz CT molecular complexity index is 999. The van der Waals surface area contributed by atoms with Gasteiger partial charge in [-0.05, 0) is 56.4 Å². The summed E-state index contributed by atoms with van der Waals surface area (Å²) in [6.45, 7) is 2.84. The first kappa shape index (κ1) is 21.8. The molecule has 31 heavy (non-hydrogen) atoms. The van der Waals surface area contributed by atoms with Crippen molar-refractivity contribution in [3.8, 4) is 0 Å². The number of aromatic nitrogens is 1. The van der Waals surface area contributed by atoms with Crippen LogP contribution in [0.25, 0.3) is 0 Å². The first-order valence-electron chi connectivity index (χ1n) is 11.0. The number of benzene rings is 1. The Morgan fingerprint density at radius 3 is 2.35 bits per heavy atom. The Kier molecular flexibility index (Phi) is 6.87. The SMILES string of the molecule is O=C(OCc1cccnc1)c1cc(S(=O)(=O)N2CCCCC2)ccc1N1CCCCC1. The van der Waals surface area contributed by atoms with E-state index in [-0.39, 0.29) is 11.5 Å². The molecule has 0 atom stereocenters. The fourth-order valence-corrected chi connectivity index (χ4v) is 5.76. The van der Waals surface area contributed by atoms with E-state index in [2.05, 4.69) is 9.88 Å². The van der Waals surface area contributed by atoms with Crippen molar-refractivity contribution < 1.29 is 17.9 Å². The summed E-state index contributed by atoms with van der Waals surface area (Å²) in [6, 6.07) is 8.52. The minimum absolute atomic E-state index is 0.0925. The van der Waals surface area contributed by atoms with Gasteiger partial charge in [-0.3, -0.25) is 4.98 Å². The third-order valence-electron chi connectivity index (χ3n) is 5.93. The van der Waals surface area contributed by atoms with E-state index in [9.17, 15) is 13.2 Å². The maximum Gasteiger partial charge on any atom is 0.340 e. The van der Waals surface area contributed by atoms with Crippen LogP contribution in [0.2, 0.25) is 0 Å². The van der Waals surface area contributed by atoms with Crippen molar-refractivity contribution >= 4 is 21.7 Å². The molecule has 0 radical (unpaired) electrons. The van der Waals surface area contributed by atoms with Gasteiger partial charge in [-0.2, -0.15) is 4.31 Å². The zero-order chi connectivity index (χ0) is 21.7. The first-order chi connectivity index (χ1) is 15.1. The third-order valence-corrected chi connectivity index (χ3v) is 7.82. The average molecular weight is 444 g/mol. The Morgan fingerprint density at radius 2 is 1.68 bits per heavy atom. The molecule has 4 rings (SSSR count). The Balaban J connectivity index is 1.63. The summed E-state index contributed by atoms with van der Waals surface area (Å²) in [6.07, 6.45) is 9.36. The van der Waals surface area contributed by atoms with Crippen LogP contribution < -0.4 is 4.90 Å². The van der Waals surface area contributed by atoms with Gasteiger partial charge in [-0.25, -0.2) is 13.2 Å². The molecule has 1 aromatic heterocycles. The highest BCUT2D eigenvalue weighted by Gasteiger charge is 2.29. The minimum atomic E-state index is -3.64. The van der Waals surface area contributed by atoms with Gasteiger partial charge in [-0.1, -0.05) is 12.5 Å². The minimum Gasteiger partial charge on any atom is -0.457 e. The van der Waals surface area contributed by atoms with Crippen LogP contribution in [0.1, 0.15) is 54.4 Å². The van der Waals surface area contributed by atoms with E-state index < -0.39 is 16.0 Å². The van der Waals surface area contributed by atoms with E-state index in [0.717, 1.165) is 56.4 Å². The third kappa shape index (κ3) is 5.07. The van der Waals surface area contributed by atoms with Gasteiger partial charge < -0.3 is 9.64 Å². The topological polar surface area (TPSA) is 79.8 Å². The molecule has 2 aliphatic rings. The number of hydrogen-bond donors (Lipinski definition) is 0. The lowest BCUT2D eigenvalue weighted by Gasteiger charge is -2.31. The summed E-state index contributed by atoms with van der Waals surface area (Å²) in [4.78, 5) is 19.4. The van der Waals surface area contributed by atoms with Gasteiger partial charge in [0.15, 0.2) is 0 Å². The Labute approximate surface area is 184 Å². The number of carbonyl (C=O) groups excluding carboxylic acids is 1. The van der Waals surface area contributed by atoms with Gasteiger partial charge >= 0.3 is 5.97 Å². The summed E-state index contributed by atoms with van der Waals surface area (Å²) < 4.78 is 33.4. The number of piperidine rings is 2. The molecule has 2 fully saturated rings. The normalized spacial score (nSPS) is 18.0. The van der Waals surface area contributed by atoms with Crippen molar-refractivity contribution in [2.45, 2.75) is 50.0 Å². The molecule has 0 bridgehead atoms. The molecule has 7 nitrogen and oxygen atoms in total. The summed E-state index contributed by atoms with van der Waals surface area (Å²) >= 11 is 0. The molecular formula is C23H29N3O4S. The second kappa shape index (κ2) is 9.78. The Hall–Kier alpha value is -2.45. The monoisotopic (exact) mass is 443 g/mol. The average Bonchev–Trinajstić information content (AvgIpc) is 2.84. The lowest BCUT2D eigenvalue weighted by Crippen LogP contribution is -2.36. The van der Waals surface area contributed by atoms with E-state index in [4.69, 9.17) is 4.74 Å². The number of rotatable bonds is 6. The van der Waals surface area contributed by atoms with Gasteiger partial charge in [0.1, 0.15) is 6.61 Å². The molecular weight excluding hydrogens is 414 g/mol. The van der Waals surface area contributed by atoms with E-state index in [1.807, 2.05) is 6.07 Å². The van der Waals surface area contributed by atoms with Crippen molar-refractivity contribution in [1.29, 1.82) is 0 Å². The highest BCUT2D eigenvalue weighted by molar-refractivity contribution is 7.89. The predicted molar refractivity (Wildman–Crippen MR) is 118 cm³/mol. The second-order valence-electron chi connectivity index (χ2n) is 8.13. The Morgan fingerprint density at radius 1 is 0.968 bits per heavy atom. The fraction of sp³-hybridized carbons (Fsp3) is 0.478. The molecule has 8 heteroatoms. The number of ether oxygens (including phenoxy) is 1. The first-order valence-corrected chi connectivity index (χ1v) is 12.4. The molecule has 3 heterocycles. The maximum absolute atomic E-state index is 13.2. The number of sulfonamides is 1. The van der Waals surface area contributed by atoms with Gasteiger partial charge in [0.05, 0.1) is 16.1 Å². The zero-order valence-corrected chi connectivity index (χ0v) is 18.5. The molecule has 0 amide bonds. The quantitative estimate of drug-likeness (QED) is 0.635. The van der Waals surface area contributed by atoms with Crippen molar-refractivity contribution in [3.05, 3.63) is 53.9 Å². The van der Waals surface area contributed by atoms with Crippen LogP contribution in [0, 0.1) is 0 Å². The number of esters is 1. The standard InChI is InChI=1S/C23H29N3O4S/c27-23(30-18-19-8-7-11-24-17-19)21-16-20(31(28,29)26-14-5-2-6-15-26)9-10-22(21)25-12-3-1-4-13-25/h7-11,16-17H,1-6,12-15,18H2. The van der Waals surface area contributed by atoms with E-state index >= 15 is 0 Å². The number of nitrogens with zero attached hydrogens (tertiary/aromatic N) is 3. The second-order valence-corrected chi connectivity index (χ2v) is 10.1. The fourth-order valence-electron chi connectivity index (χ4n) is 4.21. The highest BCUT2D eigenvalue weighted by Crippen LogP contribution is 2.30. The van der Waals surface area contributed by atoms with E-state index in [1.54, 1.807) is 30.6 Å². The van der Waals surface area contributed by atoms with Crippen molar-refractivity contribution in [1.82, 2.24) is 9.29 Å². The van der Waals surface area contributed by atoms with Crippen molar-refractivity contribution in [3.63, 3.8) is 0 Å². The number of hydrogen-bond acceptors (Lipinski definition) is 6. The van der Waals surface area contributed by atoms with E-state index in [0.29, 0.717) is 18.7 Å². The lowest BCUT2D eigenvalue weighted by atomic mass is 10.1. The smallest absolute Gasteiger partial charge is 0.340 e. The van der Waals surface area contributed by atoms with Crippen LogP contribution in [-0.4, -0.2) is 49.9 Å². The molecule has 0 unspecified atom stereocenters. The van der Waals surface area contributed by atoms with Crippen LogP contribution in [0.15, 0.2) is 47.6 Å². The van der Waals surface area contributed by atoms with E-state index in [1.165, 1.54) is 16.8 Å². The van der Waals surface area contributed by atoms with Gasteiger partial charge in [0, 0.05) is 44.1 Å².